The Bertz CT molecular complexity index is 1860. The van der Waals surface area contributed by atoms with E-state index in [0.717, 1.165) is 31.1 Å². The Balaban J connectivity index is 1.17. The average Bonchev–Trinajstić information content (AvgIpc) is 3.93. The van der Waals surface area contributed by atoms with E-state index in [4.69, 9.17) is 14.5 Å². The number of benzene rings is 1. The Labute approximate surface area is 283 Å². The van der Waals surface area contributed by atoms with Crippen LogP contribution in [0.4, 0.5) is 0 Å². The number of fused-ring (bicyclic) bond motifs is 3. The third-order valence-electron chi connectivity index (χ3n) is 9.70. The zero-order valence-corrected chi connectivity index (χ0v) is 28.4. The van der Waals surface area contributed by atoms with Crippen molar-refractivity contribution in [3.63, 3.8) is 0 Å². The van der Waals surface area contributed by atoms with Crippen molar-refractivity contribution in [2.75, 3.05) is 13.7 Å². The van der Waals surface area contributed by atoms with Crippen LogP contribution < -0.4 is 19.5 Å². The first-order chi connectivity index (χ1) is 23.2. The smallest absolute Gasteiger partial charge is 0.259 e. The minimum atomic E-state index is -3.82. The van der Waals surface area contributed by atoms with Crippen molar-refractivity contribution in [3.05, 3.63) is 47.3 Å². The van der Waals surface area contributed by atoms with Gasteiger partial charge in [0.1, 0.15) is 29.2 Å². The number of nitrogens with zero attached hydrogens (tertiary/aromatic N) is 3. The number of sulfonamides is 1. The van der Waals surface area contributed by atoms with E-state index in [1.807, 2.05) is 41.8 Å². The molecule has 12 nitrogen and oxygen atoms in total. The number of thiazole rings is 1. The molecule has 1 aromatic carbocycles. The van der Waals surface area contributed by atoms with Gasteiger partial charge in [0.15, 0.2) is 0 Å². The molecule has 3 amide bonds. The molecule has 2 aliphatic heterocycles. The number of ether oxygens (including phenoxy) is 2. The van der Waals surface area contributed by atoms with E-state index in [-0.39, 0.29) is 31.2 Å². The van der Waals surface area contributed by atoms with E-state index >= 15 is 0 Å². The molecule has 48 heavy (non-hydrogen) atoms. The van der Waals surface area contributed by atoms with E-state index in [0.29, 0.717) is 54.1 Å². The number of amides is 3. The minimum absolute atomic E-state index is 0.149. The Morgan fingerprint density at radius 1 is 1.12 bits per heavy atom. The number of hydrogen-bond donors (Lipinski definition) is 2. The normalized spacial score (nSPS) is 27.2. The van der Waals surface area contributed by atoms with E-state index in [1.54, 1.807) is 17.5 Å². The SMILES string of the molecule is COc1ccc2c(OC3CC4C(=O)NC5(C(=O)NS(=O)(=O)C6CC6)CC5/C=C/CCCCCCC(=O)N4C3)cc(-c3cscn3)nc2c1. The molecule has 14 heteroatoms. The van der Waals surface area contributed by atoms with Crippen LogP contribution in [0.2, 0.25) is 0 Å². The molecule has 2 aromatic heterocycles. The van der Waals surface area contributed by atoms with Gasteiger partial charge in [0.25, 0.3) is 5.91 Å². The maximum Gasteiger partial charge on any atom is 0.259 e. The summed E-state index contributed by atoms with van der Waals surface area (Å²) in [7, 11) is -2.23. The molecule has 7 rings (SSSR count). The number of hydrogen-bond acceptors (Lipinski definition) is 10. The maximum absolute atomic E-state index is 14.1. The number of carbonyl (C=O) groups excluding carboxylic acids is 3. The van der Waals surface area contributed by atoms with Gasteiger partial charge in [-0.3, -0.25) is 19.1 Å². The van der Waals surface area contributed by atoms with Crippen LogP contribution in [0.1, 0.15) is 64.2 Å². The number of allylic oxidation sites excluding steroid dienone is 1. The van der Waals surface area contributed by atoms with Gasteiger partial charge in [-0.1, -0.05) is 25.0 Å². The molecule has 4 aliphatic rings. The highest BCUT2D eigenvalue weighted by Crippen LogP contribution is 2.46. The van der Waals surface area contributed by atoms with Gasteiger partial charge in [-0.05, 0) is 50.7 Å². The van der Waals surface area contributed by atoms with E-state index < -0.39 is 44.8 Å². The summed E-state index contributed by atoms with van der Waals surface area (Å²) < 4.78 is 39.7. The van der Waals surface area contributed by atoms with E-state index in [1.165, 1.54) is 11.3 Å². The van der Waals surface area contributed by atoms with Crippen molar-refractivity contribution >= 4 is 50.0 Å². The molecule has 3 fully saturated rings. The summed E-state index contributed by atoms with van der Waals surface area (Å²) in [5.74, 6) is -0.529. The second-order valence-electron chi connectivity index (χ2n) is 13.1. The van der Waals surface area contributed by atoms with Gasteiger partial charge in [0.05, 0.1) is 41.3 Å². The molecule has 0 bridgehead atoms. The lowest BCUT2D eigenvalue weighted by molar-refractivity contribution is -0.139. The zero-order valence-electron chi connectivity index (χ0n) is 26.7. The summed E-state index contributed by atoms with van der Waals surface area (Å²) >= 11 is 1.46. The monoisotopic (exact) mass is 693 g/mol. The molecule has 0 spiro atoms. The summed E-state index contributed by atoms with van der Waals surface area (Å²) in [5.41, 5.74) is 2.30. The molecule has 2 aliphatic carbocycles. The van der Waals surface area contributed by atoms with Crippen LogP contribution in [0.25, 0.3) is 22.3 Å². The Hall–Kier alpha value is -4.04. The predicted molar refractivity (Wildman–Crippen MR) is 180 cm³/mol. The number of nitrogens with one attached hydrogen (secondary N) is 2. The summed E-state index contributed by atoms with van der Waals surface area (Å²) in [5, 5.41) is 4.98. The summed E-state index contributed by atoms with van der Waals surface area (Å²) in [6, 6.07) is 6.44. The van der Waals surface area contributed by atoms with Crippen molar-refractivity contribution in [1.29, 1.82) is 0 Å². The number of pyridine rings is 1. The van der Waals surface area contributed by atoms with Gasteiger partial charge >= 0.3 is 0 Å². The highest BCUT2D eigenvalue weighted by atomic mass is 32.2. The highest BCUT2D eigenvalue weighted by molar-refractivity contribution is 7.91. The first-order valence-corrected chi connectivity index (χ1v) is 19.0. The lowest BCUT2D eigenvalue weighted by Crippen LogP contribution is -2.56. The quantitative estimate of drug-likeness (QED) is 0.348. The molecule has 1 saturated heterocycles. The van der Waals surface area contributed by atoms with Crippen molar-refractivity contribution in [2.45, 2.75) is 87.1 Å². The largest absolute Gasteiger partial charge is 0.497 e. The van der Waals surface area contributed by atoms with Gasteiger partial charge < -0.3 is 19.7 Å². The first kappa shape index (κ1) is 32.5. The number of rotatable bonds is 7. The van der Waals surface area contributed by atoms with Crippen LogP contribution in [0.15, 0.2) is 47.3 Å². The molecule has 4 unspecified atom stereocenters. The fourth-order valence-corrected chi connectivity index (χ4v) is 8.63. The molecule has 254 valence electrons. The molecule has 3 aromatic rings. The van der Waals surface area contributed by atoms with Crippen LogP contribution >= 0.6 is 11.3 Å². The van der Waals surface area contributed by atoms with Gasteiger partial charge in [-0.2, -0.15) is 0 Å². The predicted octanol–water partition coefficient (Wildman–Crippen LogP) is 4.11. The Morgan fingerprint density at radius 3 is 2.73 bits per heavy atom. The average molecular weight is 694 g/mol. The standard InChI is InChI=1S/C34H39N5O7S2/c1-45-22-10-13-25-26(14-22)36-27(28-19-47-20-35-28)16-30(25)46-23-15-29-32(41)37-34(33(42)38-48(43,44)24-11-12-24)17-21(34)8-6-4-2-3-5-7-9-31(40)39(29)18-23/h6,8,10,13-14,16,19-21,23-24,29H,2-5,7,9,11-12,15,17-18H2,1H3,(H,37,41)(H,38,42)/b8-6+. The van der Waals surface area contributed by atoms with E-state index in [2.05, 4.69) is 15.0 Å². The van der Waals surface area contributed by atoms with Crippen LogP contribution in [0, 0.1) is 5.92 Å². The summed E-state index contributed by atoms with van der Waals surface area (Å²) in [4.78, 5) is 52.0. The van der Waals surface area contributed by atoms with Crippen LogP contribution in [-0.2, 0) is 24.4 Å². The van der Waals surface area contributed by atoms with Crippen molar-refractivity contribution in [3.8, 4) is 22.9 Å². The summed E-state index contributed by atoms with van der Waals surface area (Å²) in [6.45, 7) is 0.182. The maximum atomic E-state index is 14.1. The number of methoxy groups -OCH3 is 1. The molecule has 4 heterocycles. The lowest BCUT2D eigenvalue weighted by Gasteiger charge is -2.26. The van der Waals surface area contributed by atoms with Crippen LogP contribution in [0.3, 0.4) is 0 Å². The molecule has 0 radical (unpaired) electrons. The van der Waals surface area contributed by atoms with Crippen LogP contribution in [0.5, 0.6) is 11.5 Å². The molecular weight excluding hydrogens is 655 g/mol. The van der Waals surface area contributed by atoms with Gasteiger partial charge in [0, 0.05) is 41.7 Å². The lowest BCUT2D eigenvalue weighted by atomic mass is 10.1. The van der Waals surface area contributed by atoms with Gasteiger partial charge in [-0.25, -0.2) is 18.4 Å². The zero-order chi connectivity index (χ0) is 33.5. The topological polar surface area (TPSA) is 157 Å². The minimum Gasteiger partial charge on any atom is -0.497 e. The van der Waals surface area contributed by atoms with Crippen molar-refractivity contribution in [2.24, 2.45) is 5.92 Å². The van der Waals surface area contributed by atoms with Crippen molar-refractivity contribution < 1.29 is 32.3 Å². The third-order valence-corrected chi connectivity index (χ3v) is 12.1. The third kappa shape index (κ3) is 6.64. The van der Waals surface area contributed by atoms with Gasteiger partial charge in [-0.15, -0.1) is 11.3 Å². The fourth-order valence-electron chi connectivity index (χ4n) is 6.72. The Kier molecular flexibility index (Phi) is 8.88. The van der Waals surface area contributed by atoms with E-state index in [9.17, 15) is 22.8 Å². The number of aromatic nitrogens is 2. The first-order valence-electron chi connectivity index (χ1n) is 16.5. The molecule has 4 atom stereocenters. The molecule has 2 saturated carbocycles. The molecular formula is C34H39N5O7S2. The van der Waals surface area contributed by atoms with Gasteiger partial charge in [0.2, 0.25) is 21.8 Å². The van der Waals surface area contributed by atoms with Crippen LogP contribution in [-0.4, -0.2) is 77.6 Å². The Morgan fingerprint density at radius 2 is 1.96 bits per heavy atom. The second-order valence-corrected chi connectivity index (χ2v) is 15.8. The molecule has 2 N–H and O–H groups in total. The van der Waals surface area contributed by atoms with Crippen molar-refractivity contribution in [1.82, 2.24) is 24.9 Å². The summed E-state index contributed by atoms with van der Waals surface area (Å²) in [6.07, 6.45) is 9.50. The second kappa shape index (κ2) is 13.1. The highest BCUT2D eigenvalue weighted by Gasteiger charge is 2.62. The number of carbonyl (C=O) groups is 3. The fraction of sp³-hybridized carbons (Fsp3) is 0.500.